The van der Waals surface area contributed by atoms with Gasteiger partial charge < -0.3 is 9.30 Å². The van der Waals surface area contributed by atoms with Crippen molar-refractivity contribution in [2.75, 3.05) is 13.7 Å². The molecule has 0 radical (unpaired) electrons. The van der Waals surface area contributed by atoms with E-state index in [-0.39, 0.29) is 0 Å². The van der Waals surface area contributed by atoms with Crippen LogP contribution in [-0.4, -0.2) is 43.0 Å². The fourth-order valence-corrected chi connectivity index (χ4v) is 2.43. The number of H-pyrrole nitrogens is 1. The summed E-state index contributed by atoms with van der Waals surface area (Å²) < 4.78 is 9.19. The smallest absolute Gasteiger partial charge is 0.181 e. The SMILES string of the molecule is COCCn1ccnc1-c1nccn1-c1c(C)n[nH]c1C. The molecule has 3 aromatic rings. The van der Waals surface area contributed by atoms with Gasteiger partial charge >= 0.3 is 0 Å². The number of aryl methyl sites for hydroxylation is 2. The minimum absolute atomic E-state index is 0.633. The van der Waals surface area contributed by atoms with Crippen molar-refractivity contribution in [3.8, 4) is 17.3 Å². The first-order chi connectivity index (χ1) is 10.2. The summed E-state index contributed by atoms with van der Waals surface area (Å²) in [4.78, 5) is 8.90. The molecule has 1 N–H and O–H groups in total. The number of nitrogens with one attached hydrogen (secondary N) is 1. The molecule has 0 aliphatic rings. The number of aromatic amines is 1. The van der Waals surface area contributed by atoms with Crippen molar-refractivity contribution in [1.82, 2.24) is 29.3 Å². The molecule has 7 heteroatoms. The first-order valence-electron chi connectivity index (χ1n) is 6.78. The Balaban J connectivity index is 2.06. The second-order valence-corrected chi connectivity index (χ2v) is 4.84. The van der Waals surface area contributed by atoms with Gasteiger partial charge in [-0.05, 0) is 13.8 Å². The van der Waals surface area contributed by atoms with Crippen LogP contribution in [0.1, 0.15) is 11.4 Å². The fraction of sp³-hybridized carbons (Fsp3) is 0.357. The highest BCUT2D eigenvalue weighted by molar-refractivity contribution is 5.53. The Morgan fingerprint density at radius 3 is 2.62 bits per heavy atom. The van der Waals surface area contributed by atoms with E-state index >= 15 is 0 Å². The highest BCUT2D eigenvalue weighted by Crippen LogP contribution is 2.23. The molecule has 0 atom stereocenters. The third kappa shape index (κ3) is 2.36. The predicted molar refractivity (Wildman–Crippen MR) is 78.3 cm³/mol. The summed E-state index contributed by atoms with van der Waals surface area (Å²) in [6.07, 6.45) is 7.41. The van der Waals surface area contributed by atoms with Crippen LogP contribution in [0.5, 0.6) is 0 Å². The number of methoxy groups -OCH3 is 1. The van der Waals surface area contributed by atoms with Gasteiger partial charge in [0.15, 0.2) is 11.6 Å². The monoisotopic (exact) mass is 286 g/mol. The van der Waals surface area contributed by atoms with E-state index in [1.807, 2.05) is 35.4 Å². The molecule has 0 fully saturated rings. The Bertz CT molecular complexity index is 719. The molecule has 0 unspecified atom stereocenters. The van der Waals surface area contributed by atoms with Crippen molar-refractivity contribution in [1.29, 1.82) is 0 Å². The molecule has 0 amide bonds. The van der Waals surface area contributed by atoms with E-state index in [1.54, 1.807) is 19.5 Å². The van der Waals surface area contributed by atoms with Crippen molar-refractivity contribution in [2.45, 2.75) is 20.4 Å². The largest absolute Gasteiger partial charge is 0.383 e. The number of imidazole rings is 2. The zero-order chi connectivity index (χ0) is 14.8. The molecule has 0 bridgehead atoms. The summed E-state index contributed by atoms with van der Waals surface area (Å²) in [6.45, 7) is 5.34. The molecule has 0 aliphatic carbocycles. The summed E-state index contributed by atoms with van der Waals surface area (Å²) in [6, 6.07) is 0. The number of rotatable bonds is 5. The Morgan fingerprint density at radius 1 is 1.14 bits per heavy atom. The normalized spacial score (nSPS) is 11.2. The fourth-order valence-electron chi connectivity index (χ4n) is 2.43. The molecule has 110 valence electrons. The van der Waals surface area contributed by atoms with Crippen molar-refractivity contribution >= 4 is 0 Å². The van der Waals surface area contributed by atoms with Crippen LogP contribution in [-0.2, 0) is 11.3 Å². The molecular formula is C14H18N6O. The highest BCUT2D eigenvalue weighted by Gasteiger charge is 2.17. The molecule has 3 aromatic heterocycles. The van der Waals surface area contributed by atoms with Crippen molar-refractivity contribution in [3.05, 3.63) is 36.2 Å². The Morgan fingerprint density at radius 2 is 1.90 bits per heavy atom. The second-order valence-electron chi connectivity index (χ2n) is 4.84. The predicted octanol–water partition coefficient (Wildman–Crippen LogP) is 1.72. The molecule has 3 heterocycles. The van der Waals surface area contributed by atoms with Gasteiger partial charge in [0.2, 0.25) is 0 Å². The summed E-state index contributed by atoms with van der Waals surface area (Å²) in [5, 5.41) is 7.25. The zero-order valence-corrected chi connectivity index (χ0v) is 12.4. The van der Waals surface area contributed by atoms with Gasteiger partial charge in [0.05, 0.1) is 23.7 Å². The van der Waals surface area contributed by atoms with E-state index in [2.05, 4.69) is 20.2 Å². The van der Waals surface area contributed by atoms with Crippen molar-refractivity contribution in [3.63, 3.8) is 0 Å². The lowest BCUT2D eigenvalue weighted by Crippen LogP contribution is -2.08. The van der Waals surface area contributed by atoms with E-state index in [1.165, 1.54) is 0 Å². The van der Waals surface area contributed by atoms with E-state index in [0.29, 0.717) is 6.61 Å². The van der Waals surface area contributed by atoms with Crippen LogP contribution in [0.2, 0.25) is 0 Å². The maximum absolute atomic E-state index is 5.14. The molecule has 0 aliphatic heterocycles. The van der Waals surface area contributed by atoms with Crippen LogP contribution in [0.4, 0.5) is 0 Å². The number of hydrogen-bond acceptors (Lipinski definition) is 4. The van der Waals surface area contributed by atoms with Gasteiger partial charge in [0.25, 0.3) is 0 Å². The Hall–Kier alpha value is -2.41. The van der Waals surface area contributed by atoms with Crippen LogP contribution >= 0.6 is 0 Å². The molecular weight excluding hydrogens is 268 g/mol. The van der Waals surface area contributed by atoms with E-state index in [4.69, 9.17) is 4.74 Å². The highest BCUT2D eigenvalue weighted by atomic mass is 16.5. The second kappa shape index (κ2) is 5.53. The molecule has 3 rings (SSSR count). The van der Waals surface area contributed by atoms with Crippen LogP contribution in [0.15, 0.2) is 24.8 Å². The summed E-state index contributed by atoms with van der Waals surface area (Å²) >= 11 is 0. The minimum Gasteiger partial charge on any atom is -0.383 e. The van der Waals surface area contributed by atoms with Crippen molar-refractivity contribution in [2.24, 2.45) is 0 Å². The standard InChI is InChI=1S/C14H18N6O/c1-10-12(11(2)18-17-10)20-7-5-16-14(20)13-15-4-6-19(13)8-9-21-3/h4-7H,8-9H2,1-3H3,(H,17,18). The van der Waals surface area contributed by atoms with Crippen LogP contribution in [0.3, 0.4) is 0 Å². The van der Waals surface area contributed by atoms with Crippen molar-refractivity contribution < 1.29 is 4.74 Å². The average molecular weight is 286 g/mol. The molecule has 0 saturated carbocycles. The topological polar surface area (TPSA) is 73.5 Å². The Kier molecular flexibility index (Phi) is 3.57. The lowest BCUT2D eigenvalue weighted by atomic mass is 10.3. The van der Waals surface area contributed by atoms with Gasteiger partial charge in [0, 0.05) is 38.4 Å². The van der Waals surface area contributed by atoms with E-state index in [9.17, 15) is 0 Å². The van der Waals surface area contributed by atoms with E-state index < -0.39 is 0 Å². The van der Waals surface area contributed by atoms with Gasteiger partial charge in [-0.15, -0.1) is 0 Å². The molecule has 21 heavy (non-hydrogen) atoms. The van der Waals surface area contributed by atoms with Crippen LogP contribution in [0.25, 0.3) is 17.3 Å². The van der Waals surface area contributed by atoms with Crippen LogP contribution < -0.4 is 0 Å². The lowest BCUT2D eigenvalue weighted by molar-refractivity contribution is 0.187. The first kappa shape index (κ1) is 13.6. The van der Waals surface area contributed by atoms with Gasteiger partial charge in [-0.3, -0.25) is 9.67 Å². The third-order valence-electron chi connectivity index (χ3n) is 3.42. The summed E-state index contributed by atoms with van der Waals surface area (Å²) in [5.74, 6) is 1.61. The van der Waals surface area contributed by atoms with Crippen LogP contribution in [0, 0.1) is 13.8 Å². The van der Waals surface area contributed by atoms with Gasteiger partial charge in [-0.25, -0.2) is 9.97 Å². The minimum atomic E-state index is 0.633. The zero-order valence-electron chi connectivity index (χ0n) is 12.4. The summed E-state index contributed by atoms with van der Waals surface area (Å²) in [5.41, 5.74) is 2.95. The average Bonchev–Trinajstić information content (AvgIpc) is 3.16. The third-order valence-corrected chi connectivity index (χ3v) is 3.42. The van der Waals surface area contributed by atoms with Gasteiger partial charge in [-0.2, -0.15) is 5.10 Å². The van der Waals surface area contributed by atoms with E-state index in [0.717, 1.165) is 35.3 Å². The molecule has 0 spiro atoms. The lowest BCUT2D eigenvalue weighted by Gasteiger charge is -2.10. The quantitative estimate of drug-likeness (QED) is 0.775. The van der Waals surface area contributed by atoms with Gasteiger partial charge in [-0.1, -0.05) is 0 Å². The molecule has 0 aromatic carbocycles. The summed E-state index contributed by atoms with van der Waals surface area (Å²) in [7, 11) is 1.69. The first-order valence-corrected chi connectivity index (χ1v) is 6.78. The maximum atomic E-state index is 5.14. The Labute approximate surface area is 122 Å². The maximum Gasteiger partial charge on any atom is 0.181 e. The number of nitrogens with zero attached hydrogens (tertiary/aromatic N) is 5. The number of hydrogen-bond donors (Lipinski definition) is 1. The molecule has 7 nitrogen and oxygen atoms in total. The number of aromatic nitrogens is 6. The van der Waals surface area contributed by atoms with Gasteiger partial charge in [0.1, 0.15) is 0 Å². The number of ether oxygens (including phenoxy) is 1. The molecule has 0 saturated heterocycles.